The molecule has 4 nitrogen and oxygen atoms in total. The van der Waals surface area contributed by atoms with E-state index in [0.29, 0.717) is 12.0 Å². The van der Waals surface area contributed by atoms with Gasteiger partial charge in [-0.05, 0) is 27.2 Å². The van der Waals surface area contributed by atoms with Gasteiger partial charge in [-0.3, -0.25) is 14.9 Å². The average molecular weight is 211 g/mol. The second-order valence-corrected chi connectivity index (χ2v) is 4.45. The Hall–Kier alpha value is -1.16. The lowest BCUT2D eigenvalue weighted by molar-refractivity contribution is -0.124. The van der Waals surface area contributed by atoms with Crippen LogP contribution in [-0.2, 0) is 14.3 Å². The van der Waals surface area contributed by atoms with Gasteiger partial charge >= 0.3 is 0 Å². The van der Waals surface area contributed by atoms with E-state index in [1.165, 1.54) is 0 Å². The third-order valence-electron chi connectivity index (χ3n) is 2.62. The second-order valence-electron chi connectivity index (χ2n) is 4.45. The highest BCUT2D eigenvalue weighted by molar-refractivity contribution is 6.13. The van der Waals surface area contributed by atoms with E-state index in [1.54, 1.807) is 7.11 Å². The molecule has 0 spiro atoms. The molecular formula is C11H17NO3. The van der Waals surface area contributed by atoms with Gasteiger partial charge in [-0.2, -0.15) is 0 Å². The van der Waals surface area contributed by atoms with Crippen LogP contribution in [0.25, 0.3) is 0 Å². The van der Waals surface area contributed by atoms with Crippen molar-refractivity contribution >= 4 is 11.8 Å². The molecule has 4 heteroatoms. The molecule has 15 heavy (non-hydrogen) atoms. The maximum absolute atomic E-state index is 11.4. The zero-order valence-corrected chi connectivity index (χ0v) is 9.64. The summed E-state index contributed by atoms with van der Waals surface area (Å²) < 4.78 is 5.28. The molecule has 0 aliphatic carbocycles. The summed E-state index contributed by atoms with van der Waals surface area (Å²) >= 11 is 0. The number of ether oxygens (including phenoxy) is 1. The zero-order chi connectivity index (χ0) is 11.6. The van der Waals surface area contributed by atoms with Crippen molar-refractivity contribution in [3.8, 4) is 0 Å². The molecule has 1 saturated heterocycles. The first-order valence-corrected chi connectivity index (χ1v) is 4.93. The molecule has 0 radical (unpaired) electrons. The Kier molecular flexibility index (Phi) is 3.29. The first kappa shape index (κ1) is 11.9. The summed E-state index contributed by atoms with van der Waals surface area (Å²) in [6, 6.07) is 0. The summed E-state index contributed by atoms with van der Waals surface area (Å²) in [6.07, 6.45) is 0.851. The molecule has 2 amide bonds. The highest BCUT2D eigenvalue weighted by Crippen LogP contribution is 2.24. The van der Waals surface area contributed by atoms with Crippen LogP contribution in [0.5, 0.6) is 0 Å². The Morgan fingerprint density at radius 3 is 2.47 bits per heavy atom. The van der Waals surface area contributed by atoms with Crippen molar-refractivity contribution < 1.29 is 14.3 Å². The molecule has 0 aromatic heterocycles. The van der Waals surface area contributed by atoms with Crippen LogP contribution in [0.2, 0.25) is 0 Å². The third kappa shape index (κ3) is 2.89. The quantitative estimate of drug-likeness (QED) is 0.563. The first-order chi connectivity index (χ1) is 6.85. The van der Waals surface area contributed by atoms with Gasteiger partial charge in [-0.1, -0.05) is 5.57 Å². The molecule has 0 saturated carbocycles. The van der Waals surface area contributed by atoms with E-state index in [1.807, 2.05) is 20.8 Å². The van der Waals surface area contributed by atoms with Gasteiger partial charge in [0.2, 0.25) is 5.91 Å². The number of amides is 2. The van der Waals surface area contributed by atoms with E-state index in [9.17, 15) is 9.59 Å². The maximum Gasteiger partial charge on any atom is 0.254 e. The average Bonchev–Trinajstić information content (AvgIpc) is 2.45. The normalized spacial score (nSPS) is 20.5. The Labute approximate surface area is 89.7 Å². The number of nitrogens with one attached hydrogen (secondary N) is 1. The summed E-state index contributed by atoms with van der Waals surface area (Å²) in [5.41, 5.74) is 1.21. The molecule has 0 aromatic carbocycles. The number of carbonyl (C=O) groups excluding carboxylic acids is 2. The molecule has 0 aromatic rings. The molecule has 0 unspecified atom stereocenters. The van der Waals surface area contributed by atoms with Crippen LogP contribution in [-0.4, -0.2) is 24.5 Å². The van der Waals surface area contributed by atoms with Gasteiger partial charge in [0.15, 0.2) is 0 Å². The van der Waals surface area contributed by atoms with Gasteiger partial charge in [-0.25, -0.2) is 0 Å². The molecule has 1 rings (SSSR count). The fraction of sp³-hybridized carbons (Fsp3) is 0.636. The Morgan fingerprint density at radius 2 is 2.07 bits per heavy atom. The van der Waals surface area contributed by atoms with E-state index in [0.717, 1.165) is 5.57 Å². The molecular weight excluding hydrogens is 194 g/mol. The molecule has 1 fully saturated rings. The molecule has 1 aliphatic rings. The second kappa shape index (κ2) is 4.14. The Bertz CT molecular complexity index is 329. The smallest absolute Gasteiger partial charge is 0.254 e. The van der Waals surface area contributed by atoms with Crippen LogP contribution in [0.4, 0.5) is 0 Å². The monoisotopic (exact) mass is 211 g/mol. The third-order valence-corrected chi connectivity index (χ3v) is 2.62. The molecule has 1 aliphatic heterocycles. The molecule has 0 bridgehead atoms. The molecule has 1 N–H and O–H groups in total. The summed E-state index contributed by atoms with van der Waals surface area (Å²) in [5, 5.41) is 2.27. The van der Waals surface area contributed by atoms with Gasteiger partial charge in [0.05, 0.1) is 12.0 Å². The lowest BCUT2D eigenvalue weighted by Gasteiger charge is -2.23. The van der Waals surface area contributed by atoms with Crippen LogP contribution >= 0.6 is 0 Å². The summed E-state index contributed by atoms with van der Waals surface area (Å²) in [4.78, 5) is 22.4. The largest absolute Gasteiger partial charge is 0.378 e. The zero-order valence-electron chi connectivity index (χ0n) is 9.64. The predicted molar refractivity (Wildman–Crippen MR) is 56.2 cm³/mol. The fourth-order valence-electron chi connectivity index (χ4n) is 1.65. The minimum Gasteiger partial charge on any atom is -0.378 e. The maximum atomic E-state index is 11.4. The summed E-state index contributed by atoms with van der Waals surface area (Å²) in [6.45, 7) is 5.77. The lowest BCUT2D eigenvalue weighted by atomic mass is 9.95. The van der Waals surface area contributed by atoms with E-state index in [-0.39, 0.29) is 23.8 Å². The van der Waals surface area contributed by atoms with Gasteiger partial charge in [0.1, 0.15) is 0 Å². The minimum atomic E-state index is -0.303. The van der Waals surface area contributed by atoms with Crippen LogP contribution < -0.4 is 5.32 Å². The van der Waals surface area contributed by atoms with Crippen LogP contribution in [0, 0.1) is 0 Å². The van der Waals surface area contributed by atoms with Gasteiger partial charge in [0, 0.05) is 12.7 Å². The molecule has 84 valence electrons. The van der Waals surface area contributed by atoms with E-state index in [2.05, 4.69) is 5.32 Å². The molecule has 1 heterocycles. The Balaban J connectivity index is 2.83. The van der Waals surface area contributed by atoms with Gasteiger partial charge in [0.25, 0.3) is 5.91 Å². The highest BCUT2D eigenvalue weighted by atomic mass is 16.5. The van der Waals surface area contributed by atoms with E-state index < -0.39 is 0 Å². The van der Waals surface area contributed by atoms with Crippen molar-refractivity contribution in [3.63, 3.8) is 0 Å². The summed E-state index contributed by atoms with van der Waals surface area (Å²) in [7, 11) is 1.64. The van der Waals surface area contributed by atoms with Crippen molar-refractivity contribution in [2.45, 2.75) is 39.2 Å². The predicted octanol–water partition coefficient (Wildman–Crippen LogP) is 1.16. The van der Waals surface area contributed by atoms with Crippen LogP contribution in [0.1, 0.15) is 33.6 Å². The van der Waals surface area contributed by atoms with E-state index in [4.69, 9.17) is 4.74 Å². The highest BCUT2D eigenvalue weighted by Gasteiger charge is 2.28. The summed E-state index contributed by atoms with van der Waals surface area (Å²) in [5.74, 6) is -0.478. The van der Waals surface area contributed by atoms with Crippen LogP contribution in [0.3, 0.4) is 0 Å². The van der Waals surface area contributed by atoms with Crippen molar-refractivity contribution in [1.29, 1.82) is 0 Å². The number of rotatable bonds is 3. The lowest BCUT2D eigenvalue weighted by Crippen LogP contribution is -2.24. The fourth-order valence-corrected chi connectivity index (χ4v) is 1.65. The van der Waals surface area contributed by atoms with Crippen molar-refractivity contribution in [1.82, 2.24) is 5.32 Å². The number of hydrogen-bond donors (Lipinski definition) is 1. The minimum absolute atomic E-state index is 0.199. The number of methoxy groups -OCH3 is 1. The van der Waals surface area contributed by atoms with Crippen molar-refractivity contribution in [2.24, 2.45) is 0 Å². The topological polar surface area (TPSA) is 55.4 Å². The van der Waals surface area contributed by atoms with Crippen molar-refractivity contribution in [3.05, 3.63) is 11.1 Å². The van der Waals surface area contributed by atoms with Crippen molar-refractivity contribution in [2.75, 3.05) is 7.11 Å². The SMILES string of the molecule is COC(C)(C)C/C(C)=C1/CC(=O)NC1=O. The van der Waals surface area contributed by atoms with Gasteiger partial charge < -0.3 is 4.74 Å². The standard InChI is InChI=1S/C11H17NO3/c1-7(6-11(2,3)15-4)8-5-9(13)12-10(8)14/h5-6H2,1-4H3,(H,12,13,14)/b8-7-. The first-order valence-electron chi connectivity index (χ1n) is 4.93. The van der Waals surface area contributed by atoms with Gasteiger partial charge in [-0.15, -0.1) is 0 Å². The molecule has 0 atom stereocenters. The number of hydrogen-bond acceptors (Lipinski definition) is 3. The number of carbonyl (C=O) groups is 2. The Morgan fingerprint density at radius 1 is 1.47 bits per heavy atom. The van der Waals surface area contributed by atoms with Crippen LogP contribution in [0.15, 0.2) is 11.1 Å². The number of imide groups is 1. The van der Waals surface area contributed by atoms with E-state index >= 15 is 0 Å².